The molecule has 0 aliphatic carbocycles. The number of hydrogen-bond acceptors (Lipinski definition) is 4. The Morgan fingerprint density at radius 1 is 1.24 bits per heavy atom. The van der Waals surface area contributed by atoms with Crippen LogP contribution < -0.4 is 0 Å². The molecule has 3 rings (SSSR count). The van der Waals surface area contributed by atoms with Crippen LogP contribution >= 0.6 is 23.4 Å². The lowest BCUT2D eigenvalue weighted by atomic mass is 10.1. The van der Waals surface area contributed by atoms with E-state index in [9.17, 15) is 4.79 Å². The van der Waals surface area contributed by atoms with Crippen molar-refractivity contribution in [3.8, 4) is 0 Å². The Hall–Kier alpha value is -2.11. The van der Waals surface area contributed by atoms with Gasteiger partial charge in [-0.05, 0) is 41.8 Å². The second kappa shape index (κ2) is 7.85. The first-order valence-electron chi connectivity index (χ1n) is 7.96. The summed E-state index contributed by atoms with van der Waals surface area (Å²) in [5.74, 6) is 0.643. The minimum Gasteiger partial charge on any atom is -0.312 e. The fourth-order valence-electron chi connectivity index (χ4n) is 2.51. The average molecular weight is 372 g/mol. The molecule has 1 aromatic carbocycles. The highest BCUT2D eigenvalue weighted by molar-refractivity contribution is 7.99. The van der Waals surface area contributed by atoms with Gasteiger partial charge in [0.2, 0.25) is 0 Å². The van der Waals surface area contributed by atoms with E-state index in [0.29, 0.717) is 17.4 Å². The molecule has 0 atom stereocenters. The Bertz CT molecular complexity index is 878. The molecule has 0 unspecified atom stereocenters. The van der Waals surface area contributed by atoms with Gasteiger partial charge in [-0.3, -0.25) is 9.78 Å². The second-order valence-corrected chi connectivity index (χ2v) is 7.43. The molecule has 6 heteroatoms. The van der Waals surface area contributed by atoms with Crippen LogP contribution in [0.15, 0.2) is 58.7 Å². The quantitative estimate of drug-likeness (QED) is 0.568. The van der Waals surface area contributed by atoms with E-state index in [1.807, 2.05) is 41.0 Å². The number of aromatic nitrogens is 3. The Labute approximate surface area is 156 Å². The van der Waals surface area contributed by atoms with Gasteiger partial charge in [-0.1, -0.05) is 43.3 Å². The second-order valence-electron chi connectivity index (χ2n) is 5.93. The molecule has 0 spiro atoms. The van der Waals surface area contributed by atoms with Crippen LogP contribution in [-0.4, -0.2) is 20.8 Å². The van der Waals surface area contributed by atoms with Crippen molar-refractivity contribution in [1.82, 2.24) is 14.5 Å². The first-order valence-corrected chi connectivity index (χ1v) is 9.16. The van der Waals surface area contributed by atoms with Gasteiger partial charge < -0.3 is 4.57 Å². The zero-order valence-corrected chi connectivity index (χ0v) is 15.6. The van der Waals surface area contributed by atoms with Crippen molar-refractivity contribution in [3.05, 3.63) is 70.9 Å². The molecule has 128 valence electrons. The minimum atomic E-state index is 0.207. The summed E-state index contributed by atoms with van der Waals surface area (Å²) in [7, 11) is 0. The lowest BCUT2D eigenvalue weighted by Gasteiger charge is -2.12. The van der Waals surface area contributed by atoms with E-state index in [4.69, 9.17) is 11.6 Å². The molecule has 2 aromatic heterocycles. The van der Waals surface area contributed by atoms with Gasteiger partial charge in [-0.25, -0.2) is 4.98 Å². The van der Waals surface area contributed by atoms with Crippen LogP contribution in [0.2, 0.25) is 5.02 Å². The maximum absolute atomic E-state index is 11.6. The van der Waals surface area contributed by atoms with Crippen molar-refractivity contribution in [2.24, 2.45) is 0 Å². The highest BCUT2D eigenvalue weighted by Crippen LogP contribution is 2.35. The van der Waals surface area contributed by atoms with E-state index in [1.54, 1.807) is 24.2 Å². The number of nitrogens with zero attached hydrogens (tertiary/aromatic N) is 3. The molecule has 2 heterocycles. The SMILES string of the molecule is CC(C)c1nc(C=O)n(Cc2ccncc2)c1Sc1cccc(Cl)c1. The zero-order chi connectivity index (χ0) is 17.8. The Balaban J connectivity index is 2.06. The normalized spacial score (nSPS) is 11.0. The van der Waals surface area contributed by atoms with Crippen LogP contribution in [0.4, 0.5) is 0 Å². The Kier molecular flexibility index (Phi) is 5.56. The molecule has 0 N–H and O–H groups in total. The molecule has 0 amide bonds. The van der Waals surface area contributed by atoms with Gasteiger partial charge in [0.15, 0.2) is 12.1 Å². The predicted octanol–water partition coefficient (Wildman–Crippen LogP) is 5.07. The highest BCUT2D eigenvalue weighted by atomic mass is 35.5. The summed E-state index contributed by atoms with van der Waals surface area (Å²) >= 11 is 7.70. The van der Waals surface area contributed by atoms with Crippen molar-refractivity contribution < 1.29 is 4.79 Å². The van der Waals surface area contributed by atoms with Gasteiger partial charge in [0.25, 0.3) is 0 Å². The number of hydrogen-bond donors (Lipinski definition) is 0. The number of carbonyl (C=O) groups is 1. The van der Waals surface area contributed by atoms with Gasteiger partial charge in [0, 0.05) is 22.3 Å². The predicted molar refractivity (Wildman–Crippen MR) is 101 cm³/mol. The van der Waals surface area contributed by atoms with Crippen LogP contribution in [0.25, 0.3) is 0 Å². The molecule has 0 fully saturated rings. The summed E-state index contributed by atoms with van der Waals surface area (Å²) in [5, 5.41) is 1.66. The van der Waals surface area contributed by atoms with E-state index in [1.165, 1.54) is 0 Å². The maximum atomic E-state index is 11.6. The average Bonchev–Trinajstić information content (AvgIpc) is 2.94. The van der Waals surface area contributed by atoms with Crippen LogP contribution in [0.5, 0.6) is 0 Å². The summed E-state index contributed by atoms with van der Waals surface area (Å²) in [6.07, 6.45) is 4.31. The topological polar surface area (TPSA) is 47.8 Å². The van der Waals surface area contributed by atoms with Gasteiger partial charge in [-0.15, -0.1) is 0 Å². The van der Waals surface area contributed by atoms with E-state index in [2.05, 4.69) is 23.8 Å². The molecular formula is C19H18ClN3OS. The first-order chi connectivity index (χ1) is 12.1. The highest BCUT2D eigenvalue weighted by Gasteiger charge is 2.20. The number of rotatable bonds is 6. The molecule has 0 bridgehead atoms. The molecule has 0 saturated heterocycles. The smallest absolute Gasteiger partial charge is 0.185 e. The Morgan fingerprint density at radius 3 is 2.64 bits per heavy atom. The van der Waals surface area contributed by atoms with Crippen LogP contribution in [0.1, 0.15) is 41.6 Å². The number of halogens is 1. The van der Waals surface area contributed by atoms with Gasteiger partial charge >= 0.3 is 0 Å². The number of imidazole rings is 1. The largest absolute Gasteiger partial charge is 0.312 e. The maximum Gasteiger partial charge on any atom is 0.185 e. The van der Waals surface area contributed by atoms with Crippen molar-refractivity contribution in [3.63, 3.8) is 0 Å². The number of benzene rings is 1. The molecule has 0 radical (unpaired) electrons. The van der Waals surface area contributed by atoms with E-state index in [-0.39, 0.29) is 5.92 Å². The monoisotopic (exact) mass is 371 g/mol. The number of pyridine rings is 1. The van der Waals surface area contributed by atoms with E-state index < -0.39 is 0 Å². The summed E-state index contributed by atoms with van der Waals surface area (Å²) < 4.78 is 1.96. The molecule has 0 saturated carbocycles. The molecular weight excluding hydrogens is 354 g/mol. The third-order valence-corrected chi connectivity index (χ3v) is 5.08. The molecule has 4 nitrogen and oxygen atoms in total. The third kappa shape index (κ3) is 4.11. The van der Waals surface area contributed by atoms with Gasteiger partial charge in [-0.2, -0.15) is 0 Å². The minimum absolute atomic E-state index is 0.207. The summed E-state index contributed by atoms with van der Waals surface area (Å²) in [6, 6.07) is 11.6. The molecule has 0 aliphatic heterocycles. The molecule has 25 heavy (non-hydrogen) atoms. The van der Waals surface area contributed by atoms with Crippen molar-refractivity contribution in [1.29, 1.82) is 0 Å². The molecule has 0 aliphatic rings. The van der Waals surface area contributed by atoms with Crippen molar-refractivity contribution in [2.75, 3.05) is 0 Å². The van der Waals surface area contributed by atoms with E-state index >= 15 is 0 Å². The van der Waals surface area contributed by atoms with Gasteiger partial charge in [0.1, 0.15) is 5.03 Å². The lowest BCUT2D eigenvalue weighted by molar-refractivity contribution is 0.111. The summed E-state index contributed by atoms with van der Waals surface area (Å²) in [4.78, 5) is 21.2. The number of aldehydes is 1. The summed E-state index contributed by atoms with van der Waals surface area (Å²) in [5.41, 5.74) is 1.99. The fraction of sp³-hybridized carbons (Fsp3) is 0.211. The Morgan fingerprint density at radius 2 is 2.00 bits per heavy atom. The number of carbonyl (C=O) groups excluding carboxylic acids is 1. The van der Waals surface area contributed by atoms with Gasteiger partial charge in [0.05, 0.1) is 12.2 Å². The zero-order valence-electron chi connectivity index (χ0n) is 14.0. The fourth-order valence-corrected chi connectivity index (χ4v) is 3.98. The van der Waals surface area contributed by atoms with Crippen LogP contribution in [0, 0.1) is 0 Å². The van der Waals surface area contributed by atoms with Crippen molar-refractivity contribution in [2.45, 2.75) is 36.2 Å². The standard InChI is InChI=1S/C19H18ClN3OS/c1-13(2)18-19(25-16-5-3-4-15(20)10-16)23(17(12-24)22-18)11-14-6-8-21-9-7-14/h3-10,12-13H,11H2,1-2H3. The van der Waals surface area contributed by atoms with Crippen LogP contribution in [0.3, 0.4) is 0 Å². The van der Waals surface area contributed by atoms with E-state index in [0.717, 1.165) is 27.5 Å². The third-order valence-electron chi connectivity index (χ3n) is 3.73. The first kappa shape index (κ1) is 17.7. The van der Waals surface area contributed by atoms with Crippen molar-refractivity contribution >= 4 is 29.6 Å². The lowest BCUT2D eigenvalue weighted by Crippen LogP contribution is -2.06. The molecule has 3 aromatic rings. The van der Waals surface area contributed by atoms with Crippen LogP contribution in [-0.2, 0) is 6.54 Å². The summed E-state index contributed by atoms with van der Waals surface area (Å²) in [6.45, 7) is 4.73.